The zero-order valence-electron chi connectivity index (χ0n) is 6.40. The highest BCUT2D eigenvalue weighted by Gasteiger charge is 1.97. The molecule has 2 heteroatoms. The van der Waals surface area contributed by atoms with Crippen molar-refractivity contribution in [2.75, 3.05) is 5.33 Å². The van der Waals surface area contributed by atoms with Crippen LogP contribution in [0.5, 0.6) is 0 Å². The summed E-state index contributed by atoms with van der Waals surface area (Å²) in [6.07, 6.45) is 1.08. The first-order valence-electron chi connectivity index (χ1n) is 3.55. The lowest BCUT2D eigenvalue weighted by atomic mass is 10.1. The van der Waals surface area contributed by atoms with E-state index in [0.717, 1.165) is 11.8 Å². The van der Waals surface area contributed by atoms with Gasteiger partial charge in [-0.2, -0.15) is 0 Å². The van der Waals surface area contributed by atoms with E-state index in [1.807, 2.05) is 0 Å². The minimum absolute atomic E-state index is 1.02. The monoisotopic (exact) mass is 276 g/mol. The van der Waals surface area contributed by atoms with E-state index in [9.17, 15) is 0 Å². The van der Waals surface area contributed by atoms with Crippen molar-refractivity contribution >= 4 is 31.9 Å². The first-order valence-corrected chi connectivity index (χ1v) is 5.46. The maximum absolute atomic E-state index is 3.53. The smallest absolute Gasteiger partial charge is 0.0210 e. The van der Waals surface area contributed by atoms with Crippen molar-refractivity contribution in [2.24, 2.45) is 0 Å². The number of halogens is 2. The summed E-state index contributed by atoms with van der Waals surface area (Å²) in [5.41, 5.74) is 2.67. The molecule has 0 heterocycles. The van der Waals surface area contributed by atoms with Gasteiger partial charge < -0.3 is 0 Å². The highest BCUT2D eigenvalue weighted by atomic mass is 79.9. The molecule has 0 bridgehead atoms. The summed E-state index contributed by atoms with van der Waals surface area (Å²) in [6, 6.07) is 6.46. The molecule has 0 saturated carbocycles. The predicted molar refractivity (Wildman–Crippen MR) is 56.4 cm³/mol. The van der Waals surface area contributed by atoms with Crippen molar-refractivity contribution in [2.45, 2.75) is 13.3 Å². The largest absolute Gasteiger partial charge is 0.0924 e. The highest BCUT2D eigenvalue weighted by molar-refractivity contribution is 9.10. The van der Waals surface area contributed by atoms with Crippen LogP contribution in [0.3, 0.4) is 0 Å². The average Bonchev–Trinajstić information content (AvgIpc) is 1.95. The first-order chi connectivity index (χ1) is 5.24. The van der Waals surface area contributed by atoms with Crippen molar-refractivity contribution in [1.82, 2.24) is 0 Å². The van der Waals surface area contributed by atoms with E-state index in [0.29, 0.717) is 0 Å². The van der Waals surface area contributed by atoms with E-state index >= 15 is 0 Å². The summed E-state index contributed by atoms with van der Waals surface area (Å²) in [4.78, 5) is 0. The Labute approximate surface area is 84.3 Å². The van der Waals surface area contributed by atoms with Crippen molar-refractivity contribution in [3.63, 3.8) is 0 Å². The van der Waals surface area contributed by atoms with Crippen LogP contribution in [-0.2, 0) is 6.42 Å². The third kappa shape index (κ3) is 2.60. The molecule has 0 aliphatic heterocycles. The third-order valence-corrected chi connectivity index (χ3v) is 2.71. The van der Waals surface area contributed by atoms with Crippen molar-refractivity contribution in [3.8, 4) is 0 Å². The molecule has 1 aromatic rings. The Balaban J connectivity index is 2.90. The molecule has 0 N–H and O–H groups in total. The first kappa shape index (κ1) is 9.27. The molecule has 0 unspecified atom stereocenters. The Morgan fingerprint density at radius 2 is 2.09 bits per heavy atom. The summed E-state index contributed by atoms with van der Waals surface area (Å²) < 4.78 is 1.22. The van der Waals surface area contributed by atoms with Crippen LogP contribution >= 0.6 is 31.9 Å². The number of hydrogen-bond donors (Lipinski definition) is 0. The fourth-order valence-electron chi connectivity index (χ4n) is 0.957. The summed E-state index contributed by atoms with van der Waals surface area (Å²) in [5, 5.41) is 1.02. The molecule has 0 aromatic heterocycles. The number of rotatable bonds is 2. The molecule has 0 atom stereocenters. The lowest BCUT2D eigenvalue weighted by molar-refractivity contribution is 1.15. The van der Waals surface area contributed by atoms with Gasteiger partial charge in [0, 0.05) is 9.80 Å². The van der Waals surface area contributed by atoms with Crippen molar-refractivity contribution in [3.05, 3.63) is 33.8 Å². The predicted octanol–water partition coefficient (Wildman–Crippen LogP) is 3.69. The van der Waals surface area contributed by atoms with Gasteiger partial charge in [0.05, 0.1) is 0 Å². The highest BCUT2D eigenvalue weighted by Crippen LogP contribution is 2.19. The topological polar surface area (TPSA) is 0 Å². The summed E-state index contributed by atoms with van der Waals surface area (Å²) in [7, 11) is 0. The van der Waals surface area contributed by atoms with Gasteiger partial charge in [-0.15, -0.1) is 0 Å². The molecule has 0 amide bonds. The third-order valence-electron chi connectivity index (χ3n) is 1.57. The molecule has 1 aromatic carbocycles. The van der Waals surface area contributed by atoms with Crippen LogP contribution in [0.25, 0.3) is 0 Å². The summed E-state index contributed by atoms with van der Waals surface area (Å²) >= 11 is 6.95. The zero-order valence-corrected chi connectivity index (χ0v) is 9.57. The second kappa shape index (κ2) is 4.27. The molecule has 0 aliphatic rings. The van der Waals surface area contributed by atoms with Gasteiger partial charge >= 0.3 is 0 Å². The van der Waals surface area contributed by atoms with E-state index in [2.05, 4.69) is 57.0 Å². The fourth-order valence-corrected chi connectivity index (χ4v) is 2.08. The Bertz CT molecular complexity index is 243. The summed E-state index contributed by atoms with van der Waals surface area (Å²) in [6.45, 7) is 2.10. The maximum Gasteiger partial charge on any atom is 0.0210 e. The van der Waals surface area contributed by atoms with Crippen LogP contribution in [-0.4, -0.2) is 5.33 Å². The van der Waals surface area contributed by atoms with Gasteiger partial charge in [-0.25, -0.2) is 0 Å². The molecule has 0 spiro atoms. The number of aryl methyl sites for hydroxylation is 2. The zero-order chi connectivity index (χ0) is 8.27. The quantitative estimate of drug-likeness (QED) is 0.724. The van der Waals surface area contributed by atoms with Crippen LogP contribution < -0.4 is 0 Å². The van der Waals surface area contributed by atoms with E-state index < -0.39 is 0 Å². The van der Waals surface area contributed by atoms with Crippen molar-refractivity contribution < 1.29 is 0 Å². The molecule has 0 radical (unpaired) electrons. The lowest BCUT2D eigenvalue weighted by Gasteiger charge is -2.02. The lowest BCUT2D eigenvalue weighted by Crippen LogP contribution is -1.87. The molecule has 0 saturated heterocycles. The molecule has 0 fully saturated rings. The van der Waals surface area contributed by atoms with E-state index in [1.54, 1.807) is 0 Å². The Morgan fingerprint density at radius 1 is 1.36 bits per heavy atom. The van der Waals surface area contributed by atoms with Crippen LogP contribution in [0.4, 0.5) is 0 Å². The summed E-state index contributed by atoms with van der Waals surface area (Å²) in [5.74, 6) is 0. The molecule has 0 aliphatic carbocycles. The fraction of sp³-hybridized carbons (Fsp3) is 0.333. The van der Waals surface area contributed by atoms with Crippen LogP contribution in [0, 0.1) is 6.92 Å². The standard InChI is InChI=1S/C9H10Br2/c1-7-2-3-8(4-5-10)9(11)6-7/h2-3,6H,4-5H2,1H3. The van der Waals surface area contributed by atoms with Gasteiger partial charge in [-0.05, 0) is 30.5 Å². The van der Waals surface area contributed by atoms with E-state index in [4.69, 9.17) is 0 Å². The van der Waals surface area contributed by atoms with Crippen LogP contribution in [0.2, 0.25) is 0 Å². The van der Waals surface area contributed by atoms with Gasteiger partial charge in [-0.1, -0.05) is 44.0 Å². The van der Waals surface area contributed by atoms with E-state index in [1.165, 1.54) is 15.6 Å². The minimum Gasteiger partial charge on any atom is -0.0924 e. The molecule has 60 valence electrons. The maximum atomic E-state index is 3.53. The molecule has 1 rings (SSSR count). The number of benzene rings is 1. The molecular formula is C9H10Br2. The molecule has 0 nitrogen and oxygen atoms in total. The normalized spacial score (nSPS) is 10.1. The van der Waals surface area contributed by atoms with Gasteiger partial charge in [-0.3, -0.25) is 0 Å². The van der Waals surface area contributed by atoms with Crippen LogP contribution in [0.15, 0.2) is 22.7 Å². The van der Waals surface area contributed by atoms with Crippen LogP contribution in [0.1, 0.15) is 11.1 Å². The van der Waals surface area contributed by atoms with Gasteiger partial charge in [0.25, 0.3) is 0 Å². The van der Waals surface area contributed by atoms with E-state index in [-0.39, 0.29) is 0 Å². The molecular weight excluding hydrogens is 268 g/mol. The van der Waals surface area contributed by atoms with Gasteiger partial charge in [0.2, 0.25) is 0 Å². The second-order valence-electron chi connectivity index (χ2n) is 2.53. The SMILES string of the molecule is Cc1ccc(CCBr)c(Br)c1. The second-order valence-corrected chi connectivity index (χ2v) is 4.18. The minimum atomic E-state index is 1.02. The number of alkyl halides is 1. The Hall–Kier alpha value is 0.180. The number of hydrogen-bond acceptors (Lipinski definition) is 0. The van der Waals surface area contributed by atoms with Crippen molar-refractivity contribution in [1.29, 1.82) is 0 Å². The average molecular weight is 278 g/mol. The Kier molecular flexibility index (Phi) is 3.60. The van der Waals surface area contributed by atoms with Gasteiger partial charge in [0.1, 0.15) is 0 Å². The Morgan fingerprint density at radius 3 is 2.64 bits per heavy atom. The van der Waals surface area contributed by atoms with Gasteiger partial charge in [0.15, 0.2) is 0 Å². The molecule has 11 heavy (non-hydrogen) atoms.